The summed E-state index contributed by atoms with van der Waals surface area (Å²) in [6, 6.07) is 12.0. The van der Waals surface area contributed by atoms with E-state index >= 15 is 0 Å². The molecule has 0 saturated carbocycles. The van der Waals surface area contributed by atoms with E-state index in [1.807, 2.05) is 64.1 Å². The first kappa shape index (κ1) is 25.7. The van der Waals surface area contributed by atoms with Crippen molar-refractivity contribution in [3.05, 3.63) is 69.8 Å². The van der Waals surface area contributed by atoms with Gasteiger partial charge >= 0.3 is 0 Å². The maximum atomic E-state index is 12.2. The van der Waals surface area contributed by atoms with Crippen LogP contribution in [0.2, 0.25) is 0 Å². The number of aryl methyl sites for hydroxylation is 2. The SMILES string of the molecule is CCC(=O)CC[C@@H]1Cc2cccc(C)c2C1=O.CCC(=O)CC[C@H]1Cc2cccc(C)c2C1=O. The van der Waals surface area contributed by atoms with Gasteiger partial charge in [0.05, 0.1) is 0 Å². The van der Waals surface area contributed by atoms with Gasteiger partial charge in [0.2, 0.25) is 0 Å². The third-order valence-electron chi connectivity index (χ3n) is 7.22. The van der Waals surface area contributed by atoms with Gasteiger partial charge in [-0.15, -0.1) is 0 Å². The molecular formula is C30H36O4. The first-order valence-corrected chi connectivity index (χ1v) is 12.6. The predicted octanol–water partition coefficient (Wildman–Crippen LogP) is 6.22. The van der Waals surface area contributed by atoms with Gasteiger partial charge in [-0.05, 0) is 61.8 Å². The second kappa shape index (κ2) is 11.5. The topological polar surface area (TPSA) is 68.3 Å². The summed E-state index contributed by atoms with van der Waals surface area (Å²) in [6.07, 6.45) is 5.28. The number of benzene rings is 2. The number of Topliss-reactive ketones (excluding diaryl/α,β-unsaturated/α-hetero) is 4. The van der Waals surface area contributed by atoms with E-state index in [1.54, 1.807) is 0 Å². The van der Waals surface area contributed by atoms with Crippen LogP contribution in [0.3, 0.4) is 0 Å². The van der Waals surface area contributed by atoms with Crippen molar-refractivity contribution in [1.29, 1.82) is 0 Å². The summed E-state index contributed by atoms with van der Waals surface area (Å²) in [5, 5.41) is 0. The summed E-state index contributed by atoms with van der Waals surface area (Å²) in [6.45, 7) is 7.71. The van der Waals surface area contributed by atoms with E-state index in [4.69, 9.17) is 0 Å². The molecule has 4 heteroatoms. The van der Waals surface area contributed by atoms with Crippen molar-refractivity contribution in [3.63, 3.8) is 0 Å². The number of carbonyl (C=O) groups is 4. The molecule has 0 amide bonds. The molecule has 4 nitrogen and oxygen atoms in total. The van der Waals surface area contributed by atoms with E-state index in [0.717, 1.165) is 46.2 Å². The minimum Gasteiger partial charge on any atom is -0.300 e. The highest BCUT2D eigenvalue weighted by molar-refractivity contribution is 6.04. The molecule has 0 radical (unpaired) electrons. The lowest BCUT2D eigenvalue weighted by Gasteiger charge is -2.06. The third-order valence-corrected chi connectivity index (χ3v) is 7.22. The molecule has 2 aliphatic carbocycles. The molecule has 0 fully saturated rings. The Morgan fingerprint density at radius 3 is 1.41 bits per heavy atom. The monoisotopic (exact) mass is 460 g/mol. The average molecular weight is 461 g/mol. The van der Waals surface area contributed by atoms with Crippen molar-refractivity contribution < 1.29 is 19.2 Å². The quantitative estimate of drug-likeness (QED) is 0.469. The summed E-state index contributed by atoms with van der Waals surface area (Å²) >= 11 is 0. The summed E-state index contributed by atoms with van der Waals surface area (Å²) in [7, 11) is 0. The van der Waals surface area contributed by atoms with Gasteiger partial charge in [0.15, 0.2) is 11.6 Å². The largest absolute Gasteiger partial charge is 0.300 e. The highest BCUT2D eigenvalue weighted by Gasteiger charge is 2.32. The number of fused-ring (bicyclic) bond motifs is 2. The molecule has 2 atom stereocenters. The van der Waals surface area contributed by atoms with E-state index in [0.29, 0.717) is 38.5 Å². The molecule has 180 valence electrons. The molecule has 2 aromatic rings. The van der Waals surface area contributed by atoms with Gasteiger partial charge in [0.1, 0.15) is 11.6 Å². The lowest BCUT2D eigenvalue weighted by molar-refractivity contribution is -0.119. The molecule has 0 aromatic heterocycles. The maximum Gasteiger partial charge on any atom is 0.166 e. The lowest BCUT2D eigenvalue weighted by Crippen LogP contribution is -2.11. The van der Waals surface area contributed by atoms with Crippen LogP contribution < -0.4 is 0 Å². The van der Waals surface area contributed by atoms with Crippen LogP contribution in [0.15, 0.2) is 36.4 Å². The van der Waals surface area contributed by atoms with E-state index < -0.39 is 0 Å². The Morgan fingerprint density at radius 1 is 0.706 bits per heavy atom. The average Bonchev–Trinajstić information content (AvgIpc) is 3.33. The Hall–Kier alpha value is -2.88. The Morgan fingerprint density at radius 2 is 1.09 bits per heavy atom. The van der Waals surface area contributed by atoms with Gasteiger partial charge in [0, 0.05) is 48.6 Å². The van der Waals surface area contributed by atoms with Gasteiger partial charge < -0.3 is 0 Å². The number of carbonyl (C=O) groups excluding carboxylic acids is 4. The van der Waals surface area contributed by atoms with Crippen molar-refractivity contribution in [2.24, 2.45) is 11.8 Å². The van der Waals surface area contributed by atoms with Crippen molar-refractivity contribution in [2.75, 3.05) is 0 Å². The summed E-state index contributed by atoms with van der Waals surface area (Å²) in [5.41, 5.74) is 6.25. The van der Waals surface area contributed by atoms with E-state index in [-0.39, 0.29) is 35.0 Å². The Kier molecular flexibility index (Phi) is 8.71. The molecule has 0 bridgehead atoms. The van der Waals surface area contributed by atoms with Crippen LogP contribution in [-0.4, -0.2) is 23.1 Å². The van der Waals surface area contributed by atoms with Gasteiger partial charge in [-0.25, -0.2) is 0 Å². The molecular weight excluding hydrogens is 424 g/mol. The summed E-state index contributed by atoms with van der Waals surface area (Å²) in [5.74, 6) is 1.04. The van der Waals surface area contributed by atoms with Gasteiger partial charge in [0.25, 0.3) is 0 Å². The smallest absolute Gasteiger partial charge is 0.166 e. The van der Waals surface area contributed by atoms with Gasteiger partial charge in [-0.3, -0.25) is 19.2 Å². The number of hydrogen-bond donors (Lipinski definition) is 0. The molecule has 2 aromatic carbocycles. The Bertz CT molecular complexity index is 1010. The lowest BCUT2D eigenvalue weighted by atomic mass is 9.96. The van der Waals surface area contributed by atoms with Crippen molar-refractivity contribution in [3.8, 4) is 0 Å². The Labute approximate surface area is 203 Å². The van der Waals surface area contributed by atoms with Gasteiger partial charge in [-0.2, -0.15) is 0 Å². The highest BCUT2D eigenvalue weighted by Crippen LogP contribution is 2.32. The number of hydrogen-bond acceptors (Lipinski definition) is 4. The van der Waals surface area contributed by atoms with E-state index in [9.17, 15) is 19.2 Å². The number of ketones is 4. The minimum absolute atomic E-state index is 0.0293. The second-order valence-corrected chi connectivity index (χ2v) is 9.61. The number of rotatable bonds is 8. The zero-order chi connectivity index (χ0) is 24.8. The molecule has 0 N–H and O–H groups in total. The fourth-order valence-corrected chi connectivity index (χ4v) is 5.12. The minimum atomic E-state index is 0.0293. The predicted molar refractivity (Wildman–Crippen MR) is 134 cm³/mol. The third kappa shape index (κ3) is 5.78. The molecule has 0 aliphatic heterocycles. The second-order valence-electron chi connectivity index (χ2n) is 9.61. The first-order chi connectivity index (χ1) is 16.3. The fraction of sp³-hybridized carbons (Fsp3) is 0.467. The summed E-state index contributed by atoms with van der Waals surface area (Å²) < 4.78 is 0. The summed E-state index contributed by atoms with van der Waals surface area (Å²) in [4.78, 5) is 47.0. The fourth-order valence-electron chi connectivity index (χ4n) is 5.12. The van der Waals surface area contributed by atoms with Crippen LogP contribution in [0.4, 0.5) is 0 Å². The molecule has 0 heterocycles. The highest BCUT2D eigenvalue weighted by atomic mass is 16.1. The van der Waals surface area contributed by atoms with Crippen LogP contribution >= 0.6 is 0 Å². The zero-order valence-electron chi connectivity index (χ0n) is 20.9. The molecule has 0 unspecified atom stereocenters. The van der Waals surface area contributed by atoms with Crippen molar-refractivity contribution in [2.45, 2.75) is 79.1 Å². The van der Waals surface area contributed by atoms with Crippen molar-refractivity contribution in [1.82, 2.24) is 0 Å². The molecule has 0 spiro atoms. The maximum absolute atomic E-state index is 12.2. The van der Waals surface area contributed by atoms with Crippen LogP contribution in [-0.2, 0) is 22.4 Å². The Balaban J connectivity index is 0.000000191. The van der Waals surface area contributed by atoms with Crippen LogP contribution in [0, 0.1) is 25.7 Å². The molecule has 0 saturated heterocycles. The normalized spacial score (nSPS) is 18.2. The van der Waals surface area contributed by atoms with Crippen LogP contribution in [0.1, 0.15) is 95.3 Å². The zero-order valence-corrected chi connectivity index (χ0v) is 20.9. The molecule has 4 rings (SSSR count). The molecule has 2 aliphatic rings. The molecule has 34 heavy (non-hydrogen) atoms. The van der Waals surface area contributed by atoms with Crippen molar-refractivity contribution >= 4 is 23.1 Å². The van der Waals surface area contributed by atoms with Crippen LogP contribution in [0.25, 0.3) is 0 Å². The van der Waals surface area contributed by atoms with E-state index in [2.05, 4.69) is 0 Å². The standard InChI is InChI=1S/2C15H18O2/c2*1-3-13(16)8-7-12-9-11-6-4-5-10(2)14(11)15(12)17/h2*4-6,12H,3,7-9H2,1-2H3/t2*12-/m10/s1. The van der Waals surface area contributed by atoms with Crippen LogP contribution in [0.5, 0.6) is 0 Å². The first-order valence-electron chi connectivity index (χ1n) is 12.6. The van der Waals surface area contributed by atoms with E-state index in [1.165, 1.54) is 0 Å². The van der Waals surface area contributed by atoms with Gasteiger partial charge in [-0.1, -0.05) is 50.2 Å².